The van der Waals surface area contributed by atoms with Crippen molar-refractivity contribution < 1.29 is 9.53 Å². The zero-order valence-corrected chi connectivity index (χ0v) is 16.9. The number of hydrogen-bond acceptors (Lipinski definition) is 8. The lowest BCUT2D eigenvalue weighted by Gasteiger charge is -2.19. The first-order valence-corrected chi connectivity index (χ1v) is 9.76. The maximum atomic E-state index is 11.7. The molecular weight excluding hydrogens is 364 g/mol. The highest BCUT2D eigenvalue weighted by Crippen LogP contribution is 2.18. The summed E-state index contributed by atoms with van der Waals surface area (Å²) in [5.41, 5.74) is 0.379. The maximum Gasteiger partial charge on any atom is 0.407 e. The van der Waals surface area contributed by atoms with Gasteiger partial charge in [-0.15, -0.1) is 0 Å². The molecule has 146 valence electrons. The minimum atomic E-state index is -0.518. The summed E-state index contributed by atoms with van der Waals surface area (Å²) in [4.78, 5) is 24.8. The Kier molecular flexibility index (Phi) is 7.66. The molecule has 0 bridgehead atoms. The predicted octanol–water partition coefficient (Wildman–Crippen LogP) is 3.66. The Morgan fingerprint density at radius 1 is 1.07 bits per heavy atom. The minimum absolute atomic E-state index is 0.387. The van der Waals surface area contributed by atoms with Crippen molar-refractivity contribution in [1.82, 2.24) is 20.3 Å². The fraction of sp³-hybridized carbons (Fsp3) is 0.444. The fourth-order valence-electron chi connectivity index (χ4n) is 1.99. The molecule has 8 nitrogen and oxygen atoms in total. The molecule has 9 heteroatoms. The standard InChI is InChI=1S/C18H26N6O2S/c1-5-27-16-23-14(19-11-12-20-17(25)26-18(2,3)4)22-15(24-16)21-13-9-7-6-8-10-13/h6-10H,5,11-12H2,1-4H3,(H,20,25)(H2,19,21,22,23,24). The van der Waals surface area contributed by atoms with E-state index in [1.165, 1.54) is 11.8 Å². The van der Waals surface area contributed by atoms with Crippen molar-refractivity contribution in [2.75, 3.05) is 29.5 Å². The van der Waals surface area contributed by atoms with Crippen molar-refractivity contribution >= 4 is 35.4 Å². The Bertz CT molecular complexity index is 736. The van der Waals surface area contributed by atoms with Gasteiger partial charge < -0.3 is 20.7 Å². The van der Waals surface area contributed by atoms with Gasteiger partial charge in [-0.05, 0) is 38.7 Å². The molecule has 0 atom stereocenters. The van der Waals surface area contributed by atoms with E-state index in [1.807, 2.05) is 58.0 Å². The largest absolute Gasteiger partial charge is 0.444 e. The lowest BCUT2D eigenvalue weighted by molar-refractivity contribution is 0.0530. The normalized spacial score (nSPS) is 11.0. The lowest BCUT2D eigenvalue weighted by atomic mass is 10.2. The average Bonchev–Trinajstić information content (AvgIpc) is 2.58. The molecule has 0 aliphatic heterocycles. The van der Waals surface area contributed by atoms with E-state index in [1.54, 1.807) is 0 Å². The number of ether oxygens (including phenoxy) is 1. The Hall–Kier alpha value is -2.55. The Morgan fingerprint density at radius 3 is 2.44 bits per heavy atom. The molecule has 1 amide bonds. The van der Waals surface area contributed by atoms with Crippen LogP contribution in [-0.2, 0) is 4.74 Å². The first kappa shape index (κ1) is 20.8. The van der Waals surface area contributed by atoms with Gasteiger partial charge in [0.25, 0.3) is 0 Å². The van der Waals surface area contributed by atoms with Crippen LogP contribution in [0.15, 0.2) is 35.5 Å². The van der Waals surface area contributed by atoms with Crippen molar-refractivity contribution in [3.63, 3.8) is 0 Å². The van der Waals surface area contributed by atoms with E-state index in [2.05, 4.69) is 30.9 Å². The van der Waals surface area contributed by atoms with Crippen LogP contribution in [-0.4, -0.2) is 45.5 Å². The second kappa shape index (κ2) is 9.96. The summed E-state index contributed by atoms with van der Waals surface area (Å²) < 4.78 is 5.19. The highest BCUT2D eigenvalue weighted by molar-refractivity contribution is 7.99. The number of amides is 1. The van der Waals surface area contributed by atoms with Gasteiger partial charge in [-0.3, -0.25) is 0 Å². The van der Waals surface area contributed by atoms with E-state index < -0.39 is 11.7 Å². The molecule has 2 aromatic rings. The number of thioether (sulfide) groups is 1. The Balaban J connectivity index is 1.94. The van der Waals surface area contributed by atoms with Gasteiger partial charge in [-0.25, -0.2) is 4.79 Å². The van der Waals surface area contributed by atoms with Crippen LogP contribution in [0.4, 0.5) is 22.4 Å². The molecule has 1 aromatic heterocycles. The monoisotopic (exact) mass is 390 g/mol. The molecule has 1 aromatic carbocycles. The second-order valence-corrected chi connectivity index (χ2v) is 7.78. The van der Waals surface area contributed by atoms with Gasteiger partial charge in [0.05, 0.1) is 0 Å². The van der Waals surface area contributed by atoms with Crippen molar-refractivity contribution in [2.45, 2.75) is 38.5 Å². The number of anilines is 3. The first-order chi connectivity index (χ1) is 12.9. The molecule has 1 heterocycles. The highest BCUT2D eigenvalue weighted by atomic mass is 32.2. The van der Waals surface area contributed by atoms with Crippen LogP contribution in [0.25, 0.3) is 0 Å². The third-order valence-electron chi connectivity index (χ3n) is 2.99. The summed E-state index contributed by atoms with van der Waals surface area (Å²) in [6.45, 7) is 8.36. The molecule has 0 aliphatic rings. The molecule has 0 fully saturated rings. The fourth-order valence-corrected chi connectivity index (χ4v) is 2.55. The number of carbonyl (C=O) groups excluding carboxylic acids is 1. The Morgan fingerprint density at radius 2 is 1.78 bits per heavy atom. The van der Waals surface area contributed by atoms with E-state index in [0.29, 0.717) is 30.1 Å². The smallest absolute Gasteiger partial charge is 0.407 e. The number of benzene rings is 1. The molecular formula is C18H26N6O2S. The zero-order valence-electron chi connectivity index (χ0n) is 16.1. The van der Waals surface area contributed by atoms with E-state index in [9.17, 15) is 4.79 Å². The van der Waals surface area contributed by atoms with Gasteiger partial charge in [-0.1, -0.05) is 36.9 Å². The number of hydrogen-bond donors (Lipinski definition) is 3. The second-order valence-electron chi connectivity index (χ2n) is 6.54. The number of alkyl carbamates (subject to hydrolysis) is 1. The summed E-state index contributed by atoms with van der Waals surface area (Å²) in [6.07, 6.45) is -0.450. The van der Waals surface area contributed by atoms with Gasteiger partial charge in [-0.2, -0.15) is 15.0 Å². The molecule has 0 aliphatic carbocycles. The molecule has 3 N–H and O–H groups in total. The van der Waals surface area contributed by atoms with Crippen LogP contribution < -0.4 is 16.0 Å². The van der Waals surface area contributed by atoms with Crippen molar-refractivity contribution in [3.8, 4) is 0 Å². The van der Waals surface area contributed by atoms with Crippen molar-refractivity contribution in [3.05, 3.63) is 30.3 Å². The van der Waals surface area contributed by atoms with Gasteiger partial charge in [0.1, 0.15) is 5.60 Å². The third kappa shape index (κ3) is 8.12. The van der Waals surface area contributed by atoms with Gasteiger partial charge in [0.2, 0.25) is 11.9 Å². The third-order valence-corrected chi connectivity index (χ3v) is 3.72. The van der Waals surface area contributed by atoms with Gasteiger partial charge in [0.15, 0.2) is 5.16 Å². The van der Waals surface area contributed by atoms with Crippen LogP contribution >= 0.6 is 11.8 Å². The van der Waals surface area contributed by atoms with Gasteiger partial charge >= 0.3 is 6.09 Å². The summed E-state index contributed by atoms with van der Waals surface area (Å²) in [7, 11) is 0. The topological polar surface area (TPSA) is 101 Å². The Labute approximate surface area is 163 Å². The van der Waals surface area contributed by atoms with Crippen molar-refractivity contribution in [2.24, 2.45) is 0 Å². The van der Waals surface area contributed by atoms with E-state index >= 15 is 0 Å². The number of aromatic nitrogens is 3. The quantitative estimate of drug-likeness (QED) is 0.464. The molecule has 0 saturated carbocycles. The maximum absolute atomic E-state index is 11.7. The van der Waals surface area contributed by atoms with Crippen molar-refractivity contribution in [1.29, 1.82) is 0 Å². The minimum Gasteiger partial charge on any atom is -0.444 e. The number of rotatable bonds is 8. The zero-order chi connectivity index (χ0) is 19.7. The molecule has 0 unspecified atom stereocenters. The van der Waals surface area contributed by atoms with E-state index in [-0.39, 0.29) is 0 Å². The van der Waals surface area contributed by atoms with Crippen LogP contribution in [0.5, 0.6) is 0 Å². The molecule has 27 heavy (non-hydrogen) atoms. The van der Waals surface area contributed by atoms with Crippen LogP contribution in [0.3, 0.4) is 0 Å². The average molecular weight is 391 g/mol. The highest BCUT2D eigenvalue weighted by Gasteiger charge is 2.15. The summed E-state index contributed by atoms with van der Waals surface area (Å²) in [6, 6.07) is 9.70. The van der Waals surface area contributed by atoms with Crippen LogP contribution in [0.2, 0.25) is 0 Å². The van der Waals surface area contributed by atoms with Crippen LogP contribution in [0, 0.1) is 0 Å². The molecule has 0 spiro atoms. The van der Waals surface area contributed by atoms with Crippen LogP contribution in [0.1, 0.15) is 27.7 Å². The lowest BCUT2D eigenvalue weighted by Crippen LogP contribution is -2.35. The summed E-state index contributed by atoms with van der Waals surface area (Å²) >= 11 is 1.53. The predicted molar refractivity (Wildman–Crippen MR) is 109 cm³/mol. The number of para-hydroxylation sites is 1. The number of nitrogens with zero attached hydrogens (tertiary/aromatic N) is 3. The number of nitrogens with one attached hydrogen (secondary N) is 3. The summed E-state index contributed by atoms with van der Waals surface area (Å²) in [5, 5.41) is 9.60. The molecule has 0 radical (unpaired) electrons. The molecule has 0 saturated heterocycles. The first-order valence-electron chi connectivity index (χ1n) is 8.77. The van der Waals surface area contributed by atoms with Gasteiger partial charge in [0, 0.05) is 18.8 Å². The molecule has 2 rings (SSSR count). The van der Waals surface area contributed by atoms with E-state index in [0.717, 1.165) is 11.4 Å². The van der Waals surface area contributed by atoms with E-state index in [4.69, 9.17) is 4.74 Å². The number of carbonyl (C=O) groups is 1. The summed E-state index contributed by atoms with van der Waals surface area (Å²) in [5.74, 6) is 1.77. The SMILES string of the molecule is CCSc1nc(NCCNC(=O)OC(C)(C)C)nc(Nc2ccccc2)n1.